The molecule has 1 aromatic rings. The predicted octanol–water partition coefficient (Wildman–Crippen LogP) is 0.364. The molecule has 27 heavy (non-hydrogen) atoms. The summed E-state index contributed by atoms with van der Waals surface area (Å²) in [5, 5.41) is 9.78. The molecular formula is C20H29N3O4. The number of nitrogens with zero attached hydrogens (tertiary/aromatic N) is 3. The van der Waals surface area contributed by atoms with E-state index in [9.17, 15) is 14.7 Å². The summed E-state index contributed by atoms with van der Waals surface area (Å²) in [6, 6.07) is 7.50. The maximum absolute atomic E-state index is 13.0. The summed E-state index contributed by atoms with van der Waals surface area (Å²) in [6.45, 7) is 5.41. The summed E-state index contributed by atoms with van der Waals surface area (Å²) >= 11 is 0. The van der Waals surface area contributed by atoms with Crippen molar-refractivity contribution in [2.45, 2.75) is 31.9 Å². The van der Waals surface area contributed by atoms with Crippen molar-refractivity contribution < 1.29 is 19.4 Å². The van der Waals surface area contributed by atoms with Crippen molar-refractivity contribution in [2.24, 2.45) is 0 Å². The molecule has 1 aromatic carbocycles. The second-order valence-electron chi connectivity index (χ2n) is 7.43. The lowest BCUT2D eigenvalue weighted by Gasteiger charge is -2.42. The Hall–Kier alpha value is -2.12. The number of ether oxygens (including phenoxy) is 1. The maximum atomic E-state index is 13.0. The van der Waals surface area contributed by atoms with Gasteiger partial charge in [-0.15, -0.1) is 0 Å². The van der Waals surface area contributed by atoms with Crippen LogP contribution in [0.2, 0.25) is 0 Å². The van der Waals surface area contributed by atoms with Gasteiger partial charge in [-0.05, 0) is 24.1 Å². The van der Waals surface area contributed by atoms with Gasteiger partial charge in [-0.1, -0.05) is 12.1 Å². The Labute approximate surface area is 160 Å². The second kappa shape index (κ2) is 8.71. The first-order valence-corrected chi connectivity index (χ1v) is 9.54. The number of amides is 2. The van der Waals surface area contributed by atoms with Gasteiger partial charge in [-0.2, -0.15) is 0 Å². The van der Waals surface area contributed by atoms with E-state index in [0.717, 1.165) is 24.3 Å². The van der Waals surface area contributed by atoms with Gasteiger partial charge in [0.05, 0.1) is 25.7 Å². The first kappa shape index (κ1) is 19.6. The Bertz CT molecular complexity index is 664. The number of benzene rings is 1. The van der Waals surface area contributed by atoms with Crippen molar-refractivity contribution in [2.75, 3.05) is 46.4 Å². The first-order valence-electron chi connectivity index (χ1n) is 9.54. The Balaban J connectivity index is 1.67. The van der Waals surface area contributed by atoms with E-state index in [0.29, 0.717) is 39.1 Å². The molecule has 2 atom stereocenters. The predicted molar refractivity (Wildman–Crippen MR) is 102 cm³/mol. The Morgan fingerprint density at radius 3 is 2.48 bits per heavy atom. The van der Waals surface area contributed by atoms with Crippen LogP contribution in [0.15, 0.2) is 24.3 Å². The van der Waals surface area contributed by atoms with Gasteiger partial charge in [0, 0.05) is 46.2 Å². The van der Waals surface area contributed by atoms with Gasteiger partial charge in [0.2, 0.25) is 11.8 Å². The molecule has 2 fully saturated rings. The van der Waals surface area contributed by atoms with E-state index in [4.69, 9.17) is 4.74 Å². The number of hydrogen-bond donors (Lipinski definition) is 1. The molecule has 2 saturated heterocycles. The van der Waals surface area contributed by atoms with Gasteiger partial charge in [0.25, 0.3) is 0 Å². The van der Waals surface area contributed by atoms with E-state index in [1.165, 1.54) is 0 Å². The summed E-state index contributed by atoms with van der Waals surface area (Å²) in [5.74, 6) is 0.892. The molecule has 2 aliphatic heterocycles. The molecule has 148 valence electrons. The highest BCUT2D eigenvalue weighted by molar-refractivity contribution is 5.80. The third kappa shape index (κ3) is 4.99. The van der Waals surface area contributed by atoms with Crippen LogP contribution >= 0.6 is 0 Å². The van der Waals surface area contributed by atoms with E-state index >= 15 is 0 Å². The van der Waals surface area contributed by atoms with Gasteiger partial charge < -0.3 is 19.6 Å². The Morgan fingerprint density at radius 2 is 1.89 bits per heavy atom. The zero-order valence-electron chi connectivity index (χ0n) is 16.1. The average Bonchev–Trinajstić information content (AvgIpc) is 3.07. The maximum Gasteiger partial charge on any atom is 0.227 e. The minimum absolute atomic E-state index is 0.0429. The molecule has 0 aromatic heterocycles. The molecule has 2 amide bonds. The number of rotatable bonds is 5. The third-order valence-corrected chi connectivity index (χ3v) is 5.48. The van der Waals surface area contributed by atoms with Crippen molar-refractivity contribution in [1.29, 1.82) is 0 Å². The van der Waals surface area contributed by atoms with Crippen LogP contribution < -0.4 is 4.74 Å². The van der Waals surface area contributed by atoms with E-state index in [1.807, 2.05) is 34.1 Å². The summed E-state index contributed by atoms with van der Waals surface area (Å²) in [7, 11) is 1.62. The number of aliphatic hydroxyl groups excluding tert-OH is 1. The van der Waals surface area contributed by atoms with Crippen molar-refractivity contribution >= 4 is 11.8 Å². The Morgan fingerprint density at radius 1 is 1.15 bits per heavy atom. The summed E-state index contributed by atoms with van der Waals surface area (Å²) in [4.78, 5) is 30.7. The molecule has 2 aliphatic rings. The number of β-amino-alcohol motifs (C(OH)–C–C–N with tert-alkyl or cyclic N) is 1. The fraction of sp³-hybridized carbons (Fsp3) is 0.600. The fourth-order valence-electron chi connectivity index (χ4n) is 3.92. The van der Waals surface area contributed by atoms with Crippen molar-refractivity contribution in [3.8, 4) is 5.75 Å². The number of aliphatic hydroxyl groups is 1. The zero-order valence-corrected chi connectivity index (χ0v) is 16.1. The standard InChI is InChI=1S/C20H29N3O4/c1-15(24)22-9-10-23(17(13-22)12-21-8-7-18(25)14-21)20(26)11-16-3-5-19(27-2)6-4-16/h3-6,17-18,25H,7-14H2,1-2H3/t17-,18+/m1/s1. The van der Waals surface area contributed by atoms with Gasteiger partial charge >= 0.3 is 0 Å². The molecule has 1 N–H and O–H groups in total. The molecule has 0 bridgehead atoms. The normalized spacial score (nSPS) is 23.5. The number of piperazine rings is 1. The van der Waals surface area contributed by atoms with E-state index in [-0.39, 0.29) is 24.0 Å². The van der Waals surface area contributed by atoms with Crippen LogP contribution in [0.25, 0.3) is 0 Å². The highest BCUT2D eigenvalue weighted by atomic mass is 16.5. The van der Waals surface area contributed by atoms with Gasteiger partial charge in [0.15, 0.2) is 0 Å². The number of carbonyl (C=O) groups excluding carboxylic acids is 2. The monoisotopic (exact) mass is 375 g/mol. The number of likely N-dealkylation sites (tertiary alicyclic amines) is 1. The number of carbonyl (C=O) groups is 2. The van der Waals surface area contributed by atoms with Crippen LogP contribution in [0.5, 0.6) is 5.75 Å². The van der Waals surface area contributed by atoms with Crippen LogP contribution in [-0.2, 0) is 16.0 Å². The van der Waals surface area contributed by atoms with Crippen LogP contribution in [-0.4, -0.2) is 90.1 Å². The van der Waals surface area contributed by atoms with E-state index in [1.54, 1.807) is 14.0 Å². The van der Waals surface area contributed by atoms with Crippen LogP contribution in [0.1, 0.15) is 18.9 Å². The van der Waals surface area contributed by atoms with E-state index in [2.05, 4.69) is 4.90 Å². The summed E-state index contributed by atoms with van der Waals surface area (Å²) in [5.41, 5.74) is 0.949. The molecule has 7 heteroatoms. The smallest absolute Gasteiger partial charge is 0.227 e. The van der Waals surface area contributed by atoms with Crippen LogP contribution in [0, 0.1) is 0 Å². The number of methoxy groups -OCH3 is 1. The molecular weight excluding hydrogens is 346 g/mol. The largest absolute Gasteiger partial charge is 0.497 e. The molecule has 3 rings (SSSR count). The minimum atomic E-state index is -0.291. The Kier molecular flexibility index (Phi) is 6.34. The first-order chi connectivity index (χ1) is 13.0. The van der Waals surface area contributed by atoms with Gasteiger partial charge in [-0.3, -0.25) is 14.5 Å². The second-order valence-corrected chi connectivity index (χ2v) is 7.43. The molecule has 0 saturated carbocycles. The van der Waals surface area contributed by atoms with Crippen LogP contribution in [0.3, 0.4) is 0 Å². The summed E-state index contributed by atoms with van der Waals surface area (Å²) in [6.07, 6.45) is 0.813. The third-order valence-electron chi connectivity index (χ3n) is 5.48. The lowest BCUT2D eigenvalue weighted by molar-refractivity contribution is -0.142. The highest BCUT2D eigenvalue weighted by Crippen LogP contribution is 2.18. The quantitative estimate of drug-likeness (QED) is 0.805. The molecule has 7 nitrogen and oxygen atoms in total. The van der Waals surface area contributed by atoms with Crippen molar-refractivity contribution in [3.63, 3.8) is 0 Å². The van der Waals surface area contributed by atoms with E-state index < -0.39 is 0 Å². The molecule has 2 heterocycles. The lowest BCUT2D eigenvalue weighted by atomic mass is 10.1. The molecule has 0 spiro atoms. The van der Waals surface area contributed by atoms with Crippen molar-refractivity contribution in [3.05, 3.63) is 29.8 Å². The van der Waals surface area contributed by atoms with Crippen molar-refractivity contribution in [1.82, 2.24) is 14.7 Å². The zero-order chi connectivity index (χ0) is 19.4. The van der Waals surface area contributed by atoms with Crippen LogP contribution in [0.4, 0.5) is 0 Å². The fourth-order valence-corrected chi connectivity index (χ4v) is 3.92. The highest BCUT2D eigenvalue weighted by Gasteiger charge is 2.34. The van der Waals surface area contributed by atoms with Gasteiger partial charge in [-0.25, -0.2) is 0 Å². The molecule has 0 unspecified atom stereocenters. The molecule has 0 radical (unpaired) electrons. The SMILES string of the molecule is COc1ccc(CC(=O)N2CCN(C(C)=O)C[C@H]2CN2CC[C@H](O)C2)cc1. The summed E-state index contributed by atoms with van der Waals surface area (Å²) < 4.78 is 5.17. The molecule has 0 aliphatic carbocycles. The lowest BCUT2D eigenvalue weighted by Crippen LogP contribution is -2.59. The number of hydrogen-bond acceptors (Lipinski definition) is 5. The average molecular weight is 375 g/mol. The minimum Gasteiger partial charge on any atom is -0.497 e. The van der Waals surface area contributed by atoms with Gasteiger partial charge in [0.1, 0.15) is 5.75 Å². The topological polar surface area (TPSA) is 73.3 Å².